The Hall–Kier alpha value is -2.69. The summed E-state index contributed by atoms with van der Waals surface area (Å²) in [6, 6.07) is 9.66. The van der Waals surface area contributed by atoms with Crippen molar-refractivity contribution in [1.82, 2.24) is 10.3 Å². The van der Waals surface area contributed by atoms with E-state index in [2.05, 4.69) is 49.3 Å². The van der Waals surface area contributed by atoms with Crippen molar-refractivity contribution < 1.29 is 9.59 Å². The minimum Gasteiger partial charge on any atom is -0.354 e. The van der Waals surface area contributed by atoms with Crippen molar-refractivity contribution in [3.05, 3.63) is 58.9 Å². The van der Waals surface area contributed by atoms with Gasteiger partial charge in [-0.05, 0) is 34.2 Å². The average Bonchev–Trinajstić information content (AvgIpc) is 2.59. The Balaban J connectivity index is 1.92. The highest BCUT2D eigenvalue weighted by molar-refractivity contribution is 5.97. The van der Waals surface area contributed by atoms with Crippen molar-refractivity contribution in [2.75, 3.05) is 11.9 Å². The highest BCUT2D eigenvalue weighted by Crippen LogP contribution is 2.33. The Morgan fingerprint density at radius 2 is 1.96 bits per heavy atom. The van der Waals surface area contributed by atoms with Gasteiger partial charge >= 0.3 is 0 Å². The maximum Gasteiger partial charge on any atom is 0.269 e. The Kier molecular flexibility index (Phi) is 4.33. The van der Waals surface area contributed by atoms with Crippen molar-refractivity contribution in [3.63, 3.8) is 0 Å². The molecule has 1 N–H and O–H groups in total. The van der Waals surface area contributed by atoms with Crippen LogP contribution in [0.3, 0.4) is 0 Å². The molecule has 5 nitrogen and oxygen atoms in total. The molecular formula is C20H23N3O2. The third-order valence-electron chi connectivity index (χ3n) is 4.56. The number of hydrogen-bond acceptors (Lipinski definition) is 3. The summed E-state index contributed by atoms with van der Waals surface area (Å²) in [5, 5.41) is 2.54. The molecule has 130 valence electrons. The number of rotatable bonds is 2. The molecule has 25 heavy (non-hydrogen) atoms. The van der Waals surface area contributed by atoms with Crippen LogP contribution in [-0.2, 0) is 23.2 Å². The molecule has 0 bridgehead atoms. The predicted octanol–water partition coefficient (Wildman–Crippen LogP) is 2.83. The van der Waals surface area contributed by atoms with E-state index in [0.717, 1.165) is 5.56 Å². The number of carbonyl (C=O) groups excluding carboxylic acids is 2. The Bertz CT molecular complexity index is 820. The first-order valence-corrected chi connectivity index (χ1v) is 8.41. The molecule has 1 aliphatic rings. The van der Waals surface area contributed by atoms with Crippen LogP contribution in [0.2, 0.25) is 0 Å². The molecule has 2 amide bonds. The molecule has 0 saturated heterocycles. The number of nitrogens with one attached hydrogen (secondary N) is 1. The van der Waals surface area contributed by atoms with Gasteiger partial charge in [0.1, 0.15) is 5.69 Å². The van der Waals surface area contributed by atoms with Gasteiger partial charge in [0.2, 0.25) is 5.91 Å². The normalized spacial score (nSPS) is 14.2. The number of amides is 2. The standard InChI is InChI=1S/C20H23N3O2/c1-20(2,3)16-7-5-6-13-12-23(18(24)10-15(13)16)14-8-9-17(22-11-14)19(25)21-4/h5-9,11H,10,12H2,1-4H3,(H,21,25). The summed E-state index contributed by atoms with van der Waals surface area (Å²) in [5.74, 6) is -0.185. The topological polar surface area (TPSA) is 62.3 Å². The first kappa shape index (κ1) is 17.1. The maximum atomic E-state index is 12.7. The second-order valence-corrected chi connectivity index (χ2v) is 7.33. The molecule has 0 fully saturated rings. The van der Waals surface area contributed by atoms with Gasteiger partial charge in [-0.3, -0.25) is 9.59 Å². The fourth-order valence-electron chi connectivity index (χ4n) is 3.24. The van der Waals surface area contributed by atoms with Crippen LogP contribution in [0.1, 0.15) is 48.0 Å². The van der Waals surface area contributed by atoms with E-state index in [1.54, 1.807) is 30.3 Å². The van der Waals surface area contributed by atoms with Gasteiger partial charge in [-0.1, -0.05) is 39.0 Å². The number of fused-ring (bicyclic) bond motifs is 1. The number of benzene rings is 1. The fraction of sp³-hybridized carbons (Fsp3) is 0.350. The van der Waals surface area contributed by atoms with Crippen LogP contribution in [0.5, 0.6) is 0 Å². The van der Waals surface area contributed by atoms with E-state index in [0.29, 0.717) is 24.3 Å². The Morgan fingerprint density at radius 3 is 2.56 bits per heavy atom. The van der Waals surface area contributed by atoms with E-state index >= 15 is 0 Å². The molecule has 1 aromatic carbocycles. The zero-order chi connectivity index (χ0) is 18.2. The molecule has 0 radical (unpaired) electrons. The minimum atomic E-state index is -0.239. The predicted molar refractivity (Wildman–Crippen MR) is 97.7 cm³/mol. The SMILES string of the molecule is CNC(=O)c1ccc(N2Cc3cccc(C(C)(C)C)c3CC2=O)cn1. The van der Waals surface area contributed by atoms with E-state index < -0.39 is 0 Å². The number of carbonyl (C=O) groups is 2. The quantitative estimate of drug-likeness (QED) is 0.916. The molecule has 5 heteroatoms. The van der Waals surface area contributed by atoms with Crippen LogP contribution in [0.15, 0.2) is 36.5 Å². The summed E-state index contributed by atoms with van der Waals surface area (Å²) >= 11 is 0. The highest BCUT2D eigenvalue weighted by Gasteiger charge is 2.29. The van der Waals surface area contributed by atoms with Crippen LogP contribution in [0, 0.1) is 0 Å². The smallest absolute Gasteiger partial charge is 0.269 e. The zero-order valence-corrected chi connectivity index (χ0v) is 15.1. The van der Waals surface area contributed by atoms with Gasteiger partial charge in [0.05, 0.1) is 24.8 Å². The number of aromatic nitrogens is 1. The van der Waals surface area contributed by atoms with E-state index in [1.165, 1.54) is 11.1 Å². The van der Waals surface area contributed by atoms with Gasteiger partial charge < -0.3 is 10.2 Å². The third-order valence-corrected chi connectivity index (χ3v) is 4.56. The van der Waals surface area contributed by atoms with E-state index in [9.17, 15) is 9.59 Å². The summed E-state index contributed by atoms with van der Waals surface area (Å²) < 4.78 is 0. The van der Waals surface area contributed by atoms with Crippen LogP contribution in [-0.4, -0.2) is 23.8 Å². The second-order valence-electron chi connectivity index (χ2n) is 7.33. The number of anilines is 1. The molecule has 2 heterocycles. The highest BCUT2D eigenvalue weighted by atomic mass is 16.2. The Morgan fingerprint density at radius 1 is 1.20 bits per heavy atom. The first-order chi connectivity index (χ1) is 11.8. The van der Waals surface area contributed by atoms with Crippen LogP contribution in [0.4, 0.5) is 5.69 Å². The number of pyridine rings is 1. The van der Waals surface area contributed by atoms with Gasteiger partial charge in [-0.25, -0.2) is 4.98 Å². The van der Waals surface area contributed by atoms with Gasteiger partial charge in [-0.2, -0.15) is 0 Å². The van der Waals surface area contributed by atoms with Crippen molar-refractivity contribution >= 4 is 17.5 Å². The second kappa shape index (κ2) is 6.31. The number of hydrogen-bond donors (Lipinski definition) is 1. The lowest BCUT2D eigenvalue weighted by Crippen LogP contribution is -2.37. The van der Waals surface area contributed by atoms with Crippen molar-refractivity contribution in [1.29, 1.82) is 0 Å². The summed E-state index contributed by atoms with van der Waals surface area (Å²) in [6.07, 6.45) is 1.97. The largest absolute Gasteiger partial charge is 0.354 e. The summed E-state index contributed by atoms with van der Waals surface area (Å²) in [5.41, 5.74) is 4.60. The maximum absolute atomic E-state index is 12.7. The number of nitrogens with zero attached hydrogens (tertiary/aromatic N) is 2. The molecule has 1 aromatic heterocycles. The average molecular weight is 337 g/mol. The van der Waals surface area contributed by atoms with Crippen LogP contribution < -0.4 is 10.2 Å². The molecule has 1 aliphatic heterocycles. The van der Waals surface area contributed by atoms with Crippen LogP contribution >= 0.6 is 0 Å². The first-order valence-electron chi connectivity index (χ1n) is 8.41. The Labute approximate surface area is 148 Å². The van der Waals surface area contributed by atoms with Gasteiger partial charge in [0.15, 0.2) is 0 Å². The van der Waals surface area contributed by atoms with E-state index in [-0.39, 0.29) is 17.2 Å². The van der Waals surface area contributed by atoms with Gasteiger partial charge in [-0.15, -0.1) is 0 Å². The summed E-state index contributed by atoms with van der Waals surface area (Å²) in [6.45, 7) is 7.03. The van der Waals surface area contributed by atoms with Crippen molar-refractivity contribution in [2.24, 2.45) is 0 Å². The molecule has 3 rings (SSSR count). The third kappa shape index (κ3) is 3.27. The summed E-state index contributed by atoms with van der Waals surface area (Å²) in [4.78, 5) is 30.2. The lowest BCUT2D eigenvalue weighted by atomic mass is 9.80. The molecular weight excluding hydrogens is 314 g/mol. The molecule has 0 aliphatic carbocycles. The van der Waals surface area contributed by atoms with Crippen molar-refractivity contribution in [2.45, 2.75) is 39.2 Å². The molecule has 0 atom stereocenters. The molecule has 0 unspecified atom stereocenters. The van der Waals surface area contributed by atoms with Gasteiger partial charge in [0.25, 0.3) is 5.91 Å². The van der Waals surface area contributed by atoms with Gasteiger partial charge in [0, 0.05) is 7.05 Å². The minimum absolute atomic E-state index is 0.00448. The fourth-order valence-corrected chi connectivity index (χ4v) is 3.24. The monoisotopic (exact) mass is 337 g/mol. The zero-order valence-electron chi connectivity index (χ0n) is 15.1. The van der Waals surface area contributed by atoms with Crippen molar-refractivity contribution in [3.8, 4) is 0 Å². The summed E-state index contributed by atoms with van der Waals surface area (Å²) in [7, 11) is 1.57. The lowest BCUT2D eigenvalue weighted by molar-refractivity contribution is -0.118. The van der Waals surface area contributed by atoms with Crippen LogP contribution in [0.25, 0.3) is 0 Å². The lowest BCUT2D eigenvalue weighted by Gasteiger charge is -2.32. The van der Waals surface area contributed by atoms with E-state index in [4.69, 9.17) is 0 Å². The van der Waals surface area contributed by atoms with E-state index in [1.807, 2.05) is 0 Å². The molecule has 2 aromatic rings. The molecule has 0 spiro atoms. The molecule has 0 saturated carbocycles.